The molecule has 31 heavy (non-hydrogen) atoms. The molecule has 158 valence electrons. The average molecular weight is 435 g/mol. The molecule has 0 spiro atoms. The van der Waals surface area contributed by atoms with Gasteiger partial charge in [0.15, 0.2) is 0 Å². The van der Waals surface area contributed by atoms with Crippen LogP contribution in [0.5, 0.6) is 0 Å². The van der Waals surface area contributed by atoms with Crippen molar-refractivity contribution in [3.63, 3.8) is 0 Å². The summed E-state index contributed by atoms with van der Waals surface area (Å²) in [7, 11) is 1.85. The molecule has 2 amide bonds. The first kappa shape index (κ1) is 18.8. The Morgan fingerprint density at radius 1 is 1.23 bits per heavy atom. The van der Waals surface area contributed by atoms with Crippen molar-refractivity contribution in [2.24, 2.45) is 0 Å². The molecule has 2 unspecified atom stereocenters. The first-order valence-corrected chi connectivity index (χ1v) is 11.3. The molecule has 2 fully saturated rings. The fraction of sp³-hybridized carbons (Fsp3) is 0.364. The molecule has 0 radical (unpaired) electrons. The van der Waals surface area contributed by atoms with Crippen LogP contribution in [0.25, 0.3) is 22.0 Å². The summed E-state index contributed by atoms with van der Waals surface area (Å²) >= 11 is 1.05. The van der Waals surface area contributed by atoms with E-state index in [9.17, 15) is 9.59 Å². The molecule has 2 atom stereocenters. The maximum atomic E-state index is 12.7. The zero-order chi connectivity index (χ0) is 21.3. The van der Waals surface area contributed by atoms with Crippen LogP contribution in [0.15, 0.2) is 30.5 Å². The number of nitrogens with zero attached hydrogens (tertiary/aromatic N) is 4. The Morgan fingerprint density at radius 2 is 2.06 bits per heavy atom. The lowest BCUT2D eigenvalue weighted by Crippen LogP contribution is -2.39. The second-order valence-corrected chi connectivity index (χ2v) is 9.31. The molecule has 1 aromatic carbocycles. The lowest BCUT2D eigenvalue weighted by Gasteiger charge is -2.31. The molecule has 3 aromatic rings. The highest BCUT2D eigenvalue weighted by Gasteiger charge is 2.38. The van der Waals surface area contributed by atoms with Crippen molar-refractivity contribution in [2.75, 3.05) is 7.05 Å². The lowest BCUT2D eigenvalue weighted by atomic mass is 10.0. The highest BCUT2D eigenvalue weighted by atomic mass is 32.2. The minimum atomic E-state index is -0.298. The van der Waals surface area contributed by atoms with E-state index in [1.165, 1.54) is 0 Å². The van der Waals surface area contributed by atoms with Gasteiger partial charge in [0.05, 0.1) is 23.6 Å². The number of carbonyl (C=O) groups excluding carboxylic acids is 2. The van der Waals surface area contributed by atoms with Crippen LogP contribution in [0.4, 0.5) is 4.79 Å². The van der Waals surface area contributed by atoms with E-state index >= 15 is 0 Å². The van der Waals surface area contributed by atoms with E-state index in [1.54, 1.807) is 4.90 Å². The molecule has 9 heteroatoms. The summed E-state index contributed by atoms with van der Waals surface area (Å²) in [6, 6.07) is 7.93. The van der Waals surface area contributed by atoms with Gasteiger partial charge in [0.1, 0.15) is 18.0 Å². The zero-order valence-corrected chi connectivity index (χ0v) is 18.1. The number of nitrogens with one attached hydrogen (secondary N) is 2. The maximum Gasteiger partial charge on any atom is 0.295 e. The van der Waals surface area contributed by atoms with Gasteiger partial charge in [-0.2, -0.15) is 0 Å². The number of hydrogen-bond acceptors (Lipinski definition) is 6. The largest absolute Gasteiger partial charge is 0.338 e. The number of imidazole rings is 1. The van der Waals surface area contributed by atoms with Crippen LogP contribution < -0.4 is 10.0 Å². The first-order valence-electron chi connectivity index (χ1n) is 10.5. The Bertz CT molecular complexity index is 1250. The summed E-state index contributed by atoms with van der Waals surface area (Å²) < 4.78 is 5.22. The van der Waals surface area contributed by atoms with E-state index < -0.39 is 0 Å². The molecule has 1 aliphatic carbocycles. The van der Waals surface area contributed by atoms with Crippen molar-refractivity contribution < 1.29 is 9.59 Å². The molecule has 6 rings (SSSR count). The van der Waals surface area contributed by atoms with Crippen LogP contribution in [0.3, 0.4) is 0 Å². The molecule has 0 bridgehead atoms. The molecule has 2 N–H and O–H groups in total. The van der Waals surface area contributed by atoms with Gasteiger partial charge in [-0.15, -0.1) is 0 Å². The third-order valence-electron chi connectivity index (χ3n) is 6.36. The third kappa shape index (κ3) is 2.95. The van der Waals surface area contributed by atoms with Gasteiger partial charge in [-0.1, -0.05) is 18.2 Å². The Hall–Kier alpha value is -2.91. The standard InChI is InChI=1S/C22H22N6O2S/c1-11-21(29)27(2)10-17-18(24-20(28(11)17)12-6-7-12)14-5-3-4-13-8-16(23-9-15(13)14)19-25-22(30)31-26-19/h3-5,8-9,11-12,19,26H,6-7,10H2,1-2H3,(H,25,30). The average Bonchev–Trinajstić information content (AvgIpc) is 3.42. The summed E-state index contributed by atoms with van der Waals surface area (Å²) in [5, 5.41) is 4.80. The van der Waals surface area contributed by atoms with E-state index in [0.717, 1.165) is 64.0 Å². The van der Waals surface area contributed by atoms with Crippen molar-refractivity contribution in [2.45, 2.75) is 44.4 Å². The van der Waals surface area contributed by atoms with Crippen LogP contribution in [-0.2, 0) is 11.3 Å². The van der Waals surface area contributed by atoms with Gasteiger partial charge in [0.2, 0.25) is 5.91 Å². The van der Waals surface area contributed by atoms with Gasteiger partial charge in [0, 0.05) is 42.1 Å². The van der Waals surface area contributed by atoms with Crippen molar-refractivity contribution >= 4 is 33.9 Å². The second-order valence-electron chi connectivity index (χ2n) is 8.50. The Labute approximate surface area is 183 Å². The highest BCUT2D eigenvalue weighted by Crippen LogP contribution is 2.45. The second kappa shape index (κ2) is 6.80. The van der Waals surface area contributed by atoms with E-state index in [2.05, 4.69) is 31.7 Å². The van der Waals surface area contributed by atoms with E-state index in [-0.39, 0.29) is 23.4 Å². The number of carbonyl (C=O) groups is 2. The Morgan fingerprint density at radius 3 is 2.81 bits per heavy atom. The number of likely N-dealkylation sites (N-methyl/N-ethyl adjacent to an activating group) is 1. The summed E-state index contributed by atoms with van der Waals surface area (Å²) in [5.41, 5.74) is 3.83. The topological polar surface area (TPSA) is 92.2 Å². The Balaban J connectivity index is 1.50. The van der Waals surface area contributed by atoms with Gasteiger partial charge in [-0.25, -0.2) is 9.71 Å². The van der Waals surface area contributed by atoms with Gasteiger partial charge < -0.3 is 14.8 Å². The predicted molar refractivity (Wildman–Crippen MR) is 118 cm³/mol. The van der Waals surface area contributed by atoms with Crippen molar-refractivity contribution in [1.29, 1.82) is 0 Å². The quantitative estimate of drug-likeness (QED) is 0.614. The number of fused-ring (bicyclic) bond motifs is 2. The highest BCUT2D eigenvalue weighted by molar-refractivity contribution is 8.12. The fourth-order valence-electron chi connectivity index (χ4n) is 4.62. The normalized spacial score (nSPS) is 23.4. The number of amides is 2. The molecule has 2 aliphatic heterocycles. The van der Waals surface area contributed by atoms with E-state index in [4.69, 9.17) is 4.98 Å². The molecule has 1 saturated heterocycles. The van der Waals surface area contributed by atoms with Crippen LogP contribution in [-0.4, -0.2) is 37.6 Å². The predicted octanol–water partition coefficient (Wildman–Crippen LogP) is 3.47. The number of hydrogen-bond donors (Lipinski definition) is 2. The van der Waals surface area contributed by atoms with Crippen LogP contribution in [0.1, 0.15) is 55.1 Å². The summed E-state index contributed by atoms with van der Waals surface area (Å²) in [6.45, 7) is 2.52. The fourth-order valence-corrected chi connectivity index (χ4v) is 5.20. The number of aromatic nitrogens is 3. The summed E-state index contributed by atoms with van der Waals surface area (Å²) in [4.78, 5) is 35.7. The van der Waals surface area contributed by atoms with Gasteiger partial charge in [0.25, 0.3) is 5.24 Å². The zero-order valence-electron chi connectivity index (χ0n) is 17.3. The SMILES string of the molecule is CC1C(=O)N(C)Cc2c(-c3cccc4cc(C5NSC(=O)N5)ncc34)nc(C3CC3)n21. The van der Waals surface area contributed by atoms with Crippen molar-refractivity contribution in [3.8, 4) is 11.3 Å². The van der Waals surface area contributed by atoms with Crippen LogP contribution >= 0.6 is 11.9 Å². The minimum Gasteiger partial charge on any atom is -0.338 e. The third-order valence-corrected chi connectivity index (χ3v) is 7.01. The number of benzene rings is 1. The molecular formula is C22H22N6O2S. The molecule has 1 saturated carbocycles. The van der Waals surface area contributed by atoms with Gasteiger partial charge in [-0.3, -0.25) is 14.6 Å². The minimum absolute atomic E-state index is 0.106. The monoisotopic (exact) mass is 434 g/mol. The van der Waals surface area contributed by atoms with Crippen molar-refractivity contribution in [1.82, 2.24) is 29.5 Å². The van der Waals surface area contributed by atoms with Gasteiger partial charge >= 0.3 is 0 Å². The molecule has 8 nitrogen and oxygen atoms in total. The summed E-state index contributed by atoms with van der Waals surface area (Å²) in [6.07, 6.45) is 3.82. The molecule has 2 aromatic heterocycles. The number of pyridine rings is 1. The smallest absolute Gasteiger partial charge is 0.295 e. The number of rotatable bonds is 3. The molecule has 4 heterocycles. The maximum absolute atomic E-state index is 12.7. The van der Waals surface area contributed by atoms with E-state index in [0.29, 0.717) is 12.5 Å². The van der Waals surface area contributed by atoms with Gasteiger partial charge in [-0.05, 0) is 31.2 Å². The molecule has 3 aliphatic rings. The van der Waals surface area contributed by atoms with Crippen LogP contribution in [0, 0.1) is 0 Å². The Kier molecular flexibility index (Phi) is 4.13. The lowest BCUT2D eigenvalue weighted by molar-refractivity contribution is -0.135. The van der Waals surface area contributed by atoms with E-state index in [1.807, 2.05) is 32.3 Å². The van der Waals surface area contributed by atoms with Crippen molar-refractivity contribution in [3.05, 3.63) is 47.7 Å². The summed E-state index contributed by atoms with van der Waals surface area (Å²) in [5.74, 6) is 1.61. The van der Waals surface area contributed by atoms with Crippen LogP contribution in [0.2, 0.25) is 0 Å². The molecular weight excluding hydrogens is 412 g/mol. The first-order chi connectivity index (χ1) is 15.0.